The summed E-state index contributed by atoms with van der Waals surface area (Å²) in [6, 6.07) is 12.9. The van der Waals surface area contributed by atoms with Gasteiger partial charge in [-0.05, 0) is 41.5 Å². The molecule has 1 N–H and O–H groups in total. The summed E-state index contributed by atoms with van der Waals surface area (Å²) in [5.74, 6) is 0.921. The van der Waals surface area contributed by atoms with E-state index >= 15 is 0 Å². The SMILES string of the molecule is COc1cccc(CNC(=O)c2cc(-c3ccncc3)c3cnccc3n2)c1OC. The maximum Gasteiger partial charge on any atom is 0.270 e. The molecule has 1 aromatic carbocycles. The van der Waals surface area contributed by atoms with Gasteiger partial charge in [0, 0.05) is 42.3 Å². The third kappa shape index (κ3) is 3.77. The molecule has 30 heavy (non-hydrogen) atoms. The number of para-hydroxylation sites is 1. The van der Waals surface area contributed by atoms with Crippen LogP contribution in [0.4, 0.5) is 0 Å². The van der Waals surface area contributed by atoms with Gasteiger partial charge in [0.1, 0.15) is 5.69 Å². The van der Waals surface area contributed by atoms with Crippen molar-refractivity contribution in [2.24, 2.45) is 0 Å². The molecule has 0 saturated heterocycles. The molecule has 0 aliphatic rings. The zero-order valence-electron chi connectivity index (χ0n) is 16.6. The van der Waals surface area contributed by atoms with E-state index < -0.39 is 0 Å². The Kier molecular flexibility index (Phi) is 5.52. The summed E-state index contributed by atoms with van der Waals surface area (Å²) in [5, 5.41) is 3.79. The van der Waals surface area contributed by atoms with Gasteiger partial charge < -0.3 is 14.8 Å². The van der Waals surface area contributed by atoms with Crippen LogP contribution in [0.2, 0.25) is 0 Å². The van der Waals surface area contributed by atoms with Crippen LogP contribution in [0.3, 0.4) is 0 Å². The number of methoxy groups -OCH3 is 2. The Hall–Kier alpha value is -4.00. The first-order valence-electron chi connectivity index (χ1n) is 9.34. The van der Waals surface area contributed by atoms with Crippen LogP contribution in [0.15, 0.2) is 67.3 Å². The highest BCUT2D eigenvalue weighted by Gasteiger charge is 2.15. The van der Waals surface area contributed by atoms with Gasteiger partial charge in [-0.25, -0.2) is 4.98 Å². The third-order valence-electron chi connectivity index (χ3n) is 4.76. The summed E-state index contributed by atoms with van der Waals surface area (Å²) in [5.41, 5.74) is 3.64. The van der Waals surface area contributed by atoms with Crippen LogP contribution in [0, 0.1) is 0 Å². The van der Waals surface area contributed by atoms with Crippen molar-refractivity contribution < 1.29 is 14.3 Å². The lowest BCUT2D eigenvalue weighted by Crippen LogP contribution is -2.24. The van der Waals surface area contributed by atoms with E-state index in [2.05, 4.69) is 20.3 Å². The molecule has 0 unspecified atom stereocenters. The van der Waals surface area contributed by atoms with Crippen molar-refractivity contribution in [2.75, 3.05) is 14.2 Å². The highest BCUT2D eigenvalue weighted by Crippen LogP contribution is 2.31. The molecule has 0 spiro atoms. The smallest absolute Gasteiger partial charge is 0.270 e. The second kappa shape index (κ2) is 8.57. The van der Waals surface area contributed by atoms with Crippen molar-refractivity contribution >= 4 is 16.8 Å². The van der Waals surface area contributed by atoms with Gasteiger partial charge in [-0.15, -0.1) is 0 Å². The van der Waals surface area contributed by atoms with Gasteiger partial charge in [0.15, 0.2) is 11.5 Å². The minimum absolute atomic E-state index is 0.278. The maximum atomic E-state index is 12.9. The molecule has 0 aliphatic carbocycles. The van der Waals surface area contributed by atoms with E-state index in [-0.39, 0.29) is 12.5 Å². The van der Waals surface area contributed by atoms with Gasteiger partial charge in [0.2, 0.25) is 0 Å². The number of pyridine rings is 3. The largest absolute Gasteiger partial charge is 0.493 e. The monoisotopic (exact) mass is 400 g/mol. The molecule has 150 valence electrons. The summed E-state index contributed by atoms with van der Waals surface area (Å²) in [6.07, 6.45) is 6.84. The topological polar surface area (TPSA) is 86.2 Å². The molecule has 0 bridgehead atoms. The van der Waals surface area contributed by atoms with Crippen LogP contribution in [0.25, 0.3) is 22.0 Å². The van der Waals surface area contributed by atoms with Gasteiger partial charge in [-0.1, -0.05) is 12.1 Å². The van der Waals surface area contributed by atoms with E-state index in [1.54, 1.807) is 51.1 Å². The molecule has 0 atom stereocenters. The molecule has 0 saturated carbocycles. The normalized spacial score (nSPS) is 10.6. The summed E-state index contributed by atoms with van der Waals surface area (Å²) in [7, 11) is 3.15. The lowest BCUT2D eigenvalue weighted by molar-refractivity contribution is 0.0946. The highest BCUT2D eigenvalue weighted by atomic mass is 16.5. The number of hydrogen-bond donors (Lipinski definition) is 1. The third-order valence-corrected chi connectivity index (χ3v) is 4.76. The predicted octanol–water partition coefficient (Wildman–Crippen LogP) is 3.64. The fourth-order valence-electron chi connectivity index (χ4n) is 3.31. The molecule has 7 heteroatoms. The van der Waals surface area contributed by atoms with Crippen molar-refractivity contribution in [3.8, 4) is 22.6 Å². The van der Waals surface area contributed by atoms with E-state index in [9.17, 15) is 4.79 Å². The number of carbonyl (C=O) groups is 1. The van der Waals surface area contributed by atoms with Crippen LogP contribution in [0.1, 0.15) is 16.1 Å². The average molecular weight is 400 g/mol. The number of amides is 1. The van der Waals surface area contributed by atoms with Crippen LogP contribution >= 0.6 is 0 Å². The van der Waals surface area contributed by atoms with Crippen LogP contribution in [0.5, 0.6) is 11.5 Å². The van der Waals surface area contributed by atoms with Crippen molar-refractivity contribution in [3.63, 3.8) is 0 Å². The van der Waals surface area contributed by atoms with Crippen molar-refractivity contribution in [1.29, 1.82) is 0 Å². The predicted molar refractivity (Wildman–Crippen MR) is 113 cm³/mol. The van der Waals surface area contributed by atoms with Crippen molar-refractivity contribution in [1.82, 2.24) is 20.3 Å². The molecular formula is C23H20N4O3. The molecule has 4 rings (SSSR count). The number of hydrogen-bond acceptors (Lipinski definition) is 6. The van der Waals surface area contributed by atoms with Gasteiger partial charge in [0.05, 0.1) is 19.7 Å². The zero-order valence-corrected chi connectivity index (χ0v) is 16.6. The van der Waals surface area contributed by atoms with Crippen molar-refractivity contribution in [2.45, 2.75) is 6.54 Å². The summed E-state index contributed by atoms with van der Waals surface area (Å²) < 4.78 is 10.8. The second-order valence-electron chi connectivity index (χ2n) is 6.52. The number of nitrogens with zero attached hydrogens (tertiary/aromatic N) is 3. The van der Waals surface area contributed by atoms with Crippen LogP contribution in [-0.2, 0) is 6.54 Å². The lowest BCUT2D eigenvalue weighted by Gasteiger charge is -2.13. The Morgan fingerprint density at radius 1 is 1.00 bits per heavy atom. The number of benzene rings is 1. The van der Waals surface area contributed by atoms with E-state index in [1.165, 1.54) is 0 Å². The van der Waals surface area contributed by atoms with E-state index in [1.807, 2.05) is 30.3 Å². The molecule has 3 heterocycles. The standard InChI is InChI=1S/C23H20N4O3/c1-29-21-5-3-4-16(22(21)30-2)13-26-23(28)20-12-17(15-6-9-24-10-7-15)18-14-25-11-8-19(18)27-20/h3-12,14H,13H2,1-2H3,(H,26,28). The number of fused-ring (bicyclic) bond motifs is 1. The van der Waals surface area contributed by atoms with Crippen LogP contribution in [-0.4, -0.2) is 35.1 Å². The molecule has 0 aliphatic heterocycles. The minimum atomic E-state index is -0.283. The molecule has 7 nitrogen and oxygen atoms in total. The first-order valence-corrected chi connectivity index (χ1v) is 9.34. The second-order valence-corrected chi connectivity index (χ2v) is 6.52. The summed E-state index contributed by atoms with van der Waals surface area (Å²) in [4.78, 5) is 25.7. The number of rotatable bonds is 6. The first-order chi connectivity index (χ1) is 14.7. The number of carbonyl (C=O) groups excluding carboxylic acids is 1. The highest BCUT2D eigenvalue weighted by molar-refractivity contribution is 6.00. The van der Waals surface area contributed by atoms with Gasteiger partial charge in [-0.3, -0.25) is 14.8 Å². The van der Waals surface area contributed by atoms with Gasteiger partial charge in [-0.2, -0.15) is 0 Å². The quantitative estimate of drug-likeness (QED) is 0.532. The maximum absolute atomic E-state index is 12.9. The fourth-order valence-corrected chi connectivity index (χ4v) is 3.31. The van der Waals surface area contributed by atoms with E-state index in [0.717, 1.165) is 22.1 Å². The molecule has 0 radical (unpaired) electrons. The Labute approximate surface area is 173 Å². The Balaban J connectivity index is 1.66. The number of aromatic nitrogens is 3. The fraction of sp³-hybridized carbons (Fsp3) is 0.130. The number of ether oxygens (including phenoxy) is 2. The Morgan fingerprint density at radius 3 is 2.57 bits per heavy atom. The van der Waals surface area contributed by atoms with E-state index in [0.29, 0.717) is 22.7 Å². The number of nitrogens with one attached hydrogen (secondary N) is 1. The Morgan fingerprint density at radius 2 is 1.80 bits per heavy atom. The van der Waals surface area contributed by atoms with Gasteiger partial charge >= 0.3 is 0 Å². The molecule has 0 fully saturated rings. The first kappa shape index (κ1) is 19.3. The zero-order chi connectivity index (χ0) is 20.9. The molecular weight excluding hydrogens is 380 g/mol. The molecule has 4 aromatic rings. The van der Waals surface area contributed by atoms with Crippen LogP contribution < -0.4 is 14.8 Å². The van der Waals surface area contributed by atoms with E-state index in [4.69, 9.17) is 9.47 Å². The summed E-state index contributed by atoms with van der Waals surface area (Å²) >= 11 is 0. The summed E-state index contributed by atoms with van der Waals surface area (Å²) in [6.45, 7) is 0.278. The average Bonchev–Trinajstić information content (AvgIpc) is 2.81. The van der Waals surface area contributed by atoms with Crippen molar-refractivity contribution in [3.05, 3.63) is 78.5 Å². The van der Waals surface area contributed by atoms with Gasteiger partial charge in [0.25, 0.3) is 5.91 Å². The molecule has 3 aromatic heterocycles. The Bertz CT molecular complexity index is 1200. The minimum Gasteiger partial charge on any atom is -0.493 e. The lowest BCUT2D eigenvalue weighted by atomic mass is 10.0. The molecule has 1 amide bonds.